The third-order valence-corrected chi connectivity index (χ3v) is 3.39. The van der Waals surface area contributed by atoms with E-state index in [1.54, 1.807) is 19.1 Å². The highest BCUT2D eigenvalue weighted by Crippen LogP contribution is 2.17. The van der Waals surface area contributed by atoms with E-state index in [4.69, 9.17) is 4.74 Å². The van der Waals surface area contributed by atoms with Crippen LogP contribution < -0.4 is 10.2 Å². The molecule has 2 aromatic carbocycles. The summed E-state index contributed by atoms with van der Waals surface area (Å²) in [5.41, 5.74) is 2.44. The summed E-state index contributed by atoms with van der Waals surface area (Å²) >= 11 is 0. The Hall–Kier alpha value is -2.33. The van der Waals surface area contributed by atoms with Crippen LogP contribution in [0.2, 0.25) is 0 Å². The average molecular weight is 298 g/mol. The van der Waals surface area contributed by atoms with E-state index < -0.39 is 0 Å². The summed E-state index contributed by atoms with van der Waals surface area (Å²) in [6, 6.07) is 17.3. The van der Waals surface area contributed by atoms with E-state index in [1.165, 1.54) is 0 Å². The zero-order valence-corrected chi connectivity index (χ0v) is 13.2. The molecule has 2 rings (SSSR count). The molecule has 1 N–H and O–H groups in total. The van der Waals surface area contributed by atoms with Crippen LogP contribution in [0.15, 0.2) is 54.6 Å². The number of hydrogen-bond acceptors (Lipinski definition) is 3. The van der Waals surface area contributed by atoms with Gasteiger partial charge in [0.05, 0.1) is 6.61 Å². The Morgan fingerprint density at radius 3 is 2.59 bits per heavy atom. The topological polar surface area (TPSA) is 41.6 Å². The van der Waals surface area contributed by atoms with Gasteiger partial charge in [-0.25, -0.2) is 0 Å². The van der Waals surface area contributed by atoms with E-state index in [0.29, 0.717) is 12.2 Å². The SMILES string of the molecule is COC[C@@H](C)Nc1cccc(C(=O)N(C)c2ccccc2)c1. The van der Waals surface area contributed by atoms with E-state index in [1.807, 2.05) is 61.5 Å². The van der Waals surface area contributed by atoms with Gasteiger partial charge in [-0.05, 0) is 37.3 Å². The second-order valence-electron chi connectivity index (χ2n) is 5.28. The highest BCUT2D eigenvalue weighted by molar-refractivity contribution is 6.06. The van der Waals surface area contributed by atoms with Crippen molar-refractivity contribution in [1.29, 1.82) is 0 Å². The zero-order chi connectivity index (χ0) is 15.9. The molecule has 0 aromatic heterocycles. The molecule has 0 heterocycles. The Labute approximate surface area is 131 Å². The summed E-state index contributed by atoms with van der Waals surface area (Å²) in [4.78, 5) is 14.2. The number of carbonyl (C=O) groups is 1. The van der Waals surface area contributed by atoms with Crippen LogP contribution in [0.1, 0.15) is 17.3 Å². The maximum absolute atomic E-state index is 12.6. The van der Waals surface area contributed by atoms with Gasteiger partial charge < -0.3 is 15.0 Å². The molecule has 2 aromatic rings. The summed E-state index contributed by atoms with van der Waals surface area (Å²) in [6.07, 6.45) is 0. The van der Waals surface area contributed by atoms with Gasteiger partial charge in [0.2, 0.25) is 0 Å². The van der Waals surface area contributed by atoms with Crippen molar-refractivity contribution >= 4 is 17.3 Å². The van der Waals surface area contributed by atoms with Gasteiger partial charge in [0, 0.05) is 37.1 Å². The first-order chi connectivity index (χ1) is 10.6. The van der Waals surface area contributed by atoms with Crippen LogP contribution in [0.3, 0.4) is 0 Å². The molecule has 0 bridgehead atoms. The molecule has 1 amide bonds. The van der Waals surface area contributed by atoms with Gasteiger partial charge in [-0.1, -0.05) is 24.3 Å². The smallest absolute Gasteiger partial charge is 0.258 e. The molecule has 4 nitrogen and oxygen atoms in total. The Kier molecular flexibility index (Phi) is 5.55. The number of hydrogen-bond donors (Lipinski definition) is 1. The molecule has 116 valence electrons. The Morgan fingerprint density at radius 2 is 1.91 bits per heavy atom. The van der Waals surface area contributed by atoms with Crippen molar-refractivity contribution in [2.45, 2.75) is 13.0 Å². The molecule has 4 heteroatoms. The molecule has 1 atom stereocenters. The number of nitrogens with one attached hydrogen (secondary N) is 1. The summed E-state index contributed by atoms with van der Waals surface area (Å²) in [5, 5.41) is 3.32. The van der Waals surface area contributed by atoms with Crippen molar-refractivity contribution < 1.29 is 9.53 Å². The first kappa shape index (κ1) is 16.0. The Bertz CT molecular complexity index is 613. The molecule has 0 saturated heterocycles. The molecular weight excluding hydrogens is 276 g/mol. The van der Waals surface area contributed by atoms with E-state index in [0.717, 1.165) is 11.4 Å². The van der Waals surface area contributed by atoms with Crippen molar-refractivity contribution in [3.05, 3.63) is 60.2 Å². The number of amides is 1. The molecule has 0 aliphatic carbocycles. The van der Waals surface area contributed by atoms with Crippen LogP contribution in [0, 0.1) is 0 Å². The minimum Gasteiger partial charge on any atom is -0.383 e. The third kappa shape index (κ3) is 4.09. The molecule has 0 unspecified atom stereocenters. The van der Waals surface area contributed by atoms with Gasteiger partial charge in [-0.15, -0.1) is 0 Å². The number of nitrogens with zero attached hydrogens (tertiary/aromatic N) is 1. The predicted molar refractivity (Wildman–Crippen MR) is 90.6 cm³/mol. The first-order valence-corrected chi connectivity index (χ1v) is 7.30. The Balaban J connectivity index is 2.13. The highest BCUT2D eigenvalue weighted by atomic mass is 16.5. The van der Waals surface area contributed by atoms with Gasteiger partial charge in [0.1, 0.15) is 0 Å². The normalized spacial score (nSPS) is 11.8. The zero-order valence-electron chi connectivity index (χ0n) is 13.2. The van der Waals surface area contributed by atoms with Crippen LogP contribution >= 0.6 is 0 Å². The van der Waals surface area contributed by atoms with Gasteiger partial charge >= 0.3 is 0 Å². The van der Waals surface area contributed by atoms with Crippen LogP contribution in [-0.2, 0) is 4.74 Å². The van der Waals surface area contributed by atoms with E-state index in [2.05, 4.69) is 5.32 Å². The van der Waals surface area contributed by atoms with Crippen LogP contribution in [0.4, 0.5) is 11.4 Å². The number of benzene rings is 2. The highest BCUT2D eigenvalue weighted by Gasteiger charge is 2.13. The molecule has 0 saturated carbocycles. The fourth-order valence-electron chi connectivity index (χ4n) is 2.28. The lowest BCUT2D eigenvalue weighted by molar-refractivity contribution is 0.0993. The number of para-hydroxylation sites is 1. The fourth-order valence-corrected chi connectivity index (χ4v) is 2.28. The first-order valence-electron chi connectivity index (χ1n) is 7.30. The van der Waals surface area contributed by atoms with Crippen molar-refractivity contribution in [3.8, 4) is 0 Å². The summed E-state index contributed by atoms with van der Waals surface area (Å²) in [7, 11) is 3.46. The largest absolute Gasteiger partial charge is 0.383 e. The predicted octanol–water partition coefficient (Wildman–Crippen LogP) is 3.41. The Morgan fingerprint density at radius 1 is 1.18 bits per heavy atom. The van der Waals surface area contributed by atoms with Crippen molar-refractivity contribution in [2.24, 2.45) is 0 Å². The van der Waals surface area contributed by atoms with Crippen LogP contribution in [-0.4, -0.2) is 32.7 Å². The minimum atomic E-state index is -0.0331. The standard InChI is InChI=1S/C18H22N2O2/c1-14(13-22-3)19-16-9-7-8-15(12-16)18(21)20(2)17-10-5-4-6-11-17/h4-12,14,19H,13H2,1-3H3/t14-/m1/s1. The average Bonchev–Trinajstić information content (AvgIpc) is 2.54. The second-order valence-corrected chi connectivity index (χ2v) is 5.28. The van der Waals surface area contributed by atoms with Gasteiger partial charge in [0.15, 0.2) is 0 Å². The molecule has 0 aliphatic heterocycles. The molecular formula is C18H22N2O2. The number of rotatable bonds is 6. The number of ether oxygens (including phenoxy) is 1. The second kappa shape index (κ2) is 7.61. The van der Waals surface area contributed by atoms with Crippen LogP contribution in [0.5, 0.6) is 0 Å². The molecule has 0 aliphatic rings. The van der Waals surface area contributed by atoms with Crippen LogP contribution in [0.25, 0.3) is 0 Å². The van der Waals surface area contributed by atoms with E-state index in [-0.39, 0.29) is 11.9 Å². The van der Waals surface area contributed by atoms with E-state index in [9.17, 15) is 4.79 Å². The third-order valence-electron chi connectivity index (χ3n) is 3.39. The summed E-state index contributed by atoms with van der Waals surface area (Å²) in [5.74, 6) is -0.0331. The lowest BCUT2D eigenvalue weighted by Gasteiger charge is -2.19. The van der Waals surface area contributed by atoms with Gasteiger partial charge in [-0.2, -0.15) is 0 Å². The monoisotopic (exact) mass is 298 g/mol. The molecule has 0 radical (unpaired) electrons. The van der Waals surface area contributed by atoms with Crippen molar-refractivity contribution in [2.75, 3.05) is 31.0 Å². The van der Waals surface area contributed by atoms with E-state index >= 15 is 0 Å². The summed E-state index contributed by atoms with van der Waals surface area (Å²) in [6.45, 7) is 2.65. The molecule has 0 fully saturated rings. The van der Waals surface area contributed by atoms with Crippen molar-refractivity contribution in [3.63, 3.8) is 0 Å². The maximum atomic E-state index is 12.6. The fraction of sp³-hybridized carbons (Fsp3) is 0.278. The molecule has 0 spiro atoms. The quantitative estimate of drug-likeness (QED) is 0.888. The minimum absolute atomic E-state index is 0.0331. The summed E-state index contributed by atoms with van der Waals surface area (Å²) < 4.78 is 5.11. The number of anilines is 2. The lowest BCUT2D eigenvalue weighted by atomic mass is 10.1. The maximum Gasteiger partial charge on any atom is 0.258 e. The molecule has 22 heavy (non-hydrogen) atoms. The number of carbonyl (C=O) groups excluding carboxylic acids is 1. The van der Waals surface area contributed by atoms with Gasteiger partial charge in [0.25, 0.3) is 5.91 Å². The van der Waals surface area contributed by atoms with Crippen molar-refractivity contribution in [1.82, 2.24) is 0 Å². The van der Waals surface area contributed by atoms with Gasteiger partial charge in [-0.3, -0.25) is 4.79 Å². The lowest BCUT2D eigenvalue weighted by Crippen LogP contribution is -2.26. The number of methoxy groups -OCH3 is 1.